The van der Waals surface area contributed by atoms with Gasteiger partial charge >= 0.3 is 0 Å². The Bertz CT molecular complexity index is 518. The summed E-state index contributed by atoms with van der Waals surface area (Å²) in [6, 6.07) is 0. The van der Waals surface area contributed by atoms with Crippen LogP contribution in [0.15, 0.2) is 6.20 Å². The third-order valence-electron chi connectivity index (χ3n) is 2.92. The Labute approximate surface area is 107 Å². The van der Waals surface area contributed by atoms with Crippen LogP contribution >= 0.6 is 0 Å². The van der Waals surface area contributed by atoms with Crippen molar-refractivity contribution in [3.8, 4) is 0 Å². The van der Waals surface area contributed by atoms with Gasteiger partial charge in [-0.3, -0.25) is 5.10 Å². The van der Waals surface area contributed by atoms with Gasteiger partial charge in [-0.05, 0) is 12.3 Å². The smallest absolute Gasteiger partial charge is 0.226 e. The molecule has 0 atom stereocenters. The molecule has 0 aliphatic rings. The molecule has 0 bridgehead atoms. The number of hydrogen-bond acceptors (Lipinski definition) is 5. The molecule has 0 saturated heterocycles. The lowest BCUT2D eigenvalue weighted by Crippen LogP contribution is -2.21. The zero-order valence-electron chi connectivity index (χ0n) is 11.4. The minimum absolute atomic E-state index is 0.609. The Morgan fingerprint density at radius 3 is 2.83 bits per heavy atom. The molecule has 2 rings (SSSR count). The largest absolute Gasteiger partial charge is 0.359 e. The van der Waals surface area contributed by atoms with E-state index in [4.69, 9.17) is 0 Å². The molecule has 2 heterocycles. The molecule has 0 amide bonds. The van der Waals surface area contributed by atoms with Crippen molar-refractivity contribution in [2.24, 2.45) is 5.92 Å². The highest BCUT2D eigenvalue weighted by molar-refractivity contribution is 5.87. The maximum absolute atomic E-state index is 4.51. The molecule has 0 aliphatic heterocycles. The molecule has 18 heavy (non-hydrogen) atoms. The van der Waals surface area contributed by atoms with Crippen molar-refractivity contribution < 1.29 is 0 Å². The number of nitrogens with zero attached hydrogens (tertiary/aromatic N) is 4. The second kappa shape index (κ2) is 5.20. The van der Waals surface area contributed by atoms with Crippen LogP contribution < -0.4 is 10.2 Å². The summed E-state index contributed by atoms with van der Waals surface area (Å²) in [6.45, 7) is 5.42. The summed E-state index contributed by atoms with van der Waals surface area (Å²) >= 11 is 0. The fourth-order valence-electron chi connectivity index (χ4n) is 1.78. The lowest BCUT2D eigenvalue weighted by atomic mass is 10.1. The maximum atomic E-state index is 4.51. The minimum atomic E-state index is 0.609. The second-order valence-corrected chi connectivity index (χ2v) is 4.86. The normalized spacial score (nSPS) is 11.2. The van der Waals surface area contributed by atoms with Crippen LogP contribution in [-0.2, 0) is 0 Å². The Hall–Kier alpha value is -1.85. The van der Waals surface area contributed by atoms with E-state index < -0.39 is 0 Å². The van der Waals surface area contributed by atoms with Gasteiger partial charge in [-0.15, -0.1) is 0 Å². The number of anilines is 2. The highest BCUT2D eigenvalue weighted by atomic mass is 15.2. The van der Waals surface area contributed by atoms with Crippen LogP contribution in [0.2, 0.25) is 0 Å². The zero-order chi connectivity index (χ0) is 13.1. The predicted octanol–water partition coefficient (Wildman–Crippen LogP) is 1.88. The van der Waals surface area contributed by atoms with Crippen LogP contribution in [0.1, 0.15) is 20.3 Å². The summed E-state index contributed by atoms with van der Waals surface area (Å²) in [6.07, 6.45) is 2.91. The third-order valence-corrected chi connectivity index (χ3v) is 2.92. The summed E-state index contributed by atoms with van der Waals surface area (Å²) in [4.78, 5) is 11.0. The van der Waals surface area contributed by atoms with Gasteiger partial charge in [0.2, 0.25) is 5.95 Å². The lowest BCUT2D eigenvalue weighted by Gasteiger charge is -2.20. The van der Waals surface area contributed by atoms with E-state index in [0.29, 0.717) is 11.9 Å². The van der Waals surface area contributed by atoms with E-state index in [-0.39, 0.29) is 0 Å². The van der Waals surface area contributed by atoms with Gasteiger partial charge in [-0.2, -0.15) is 15.1 Å². The Kier molecular flexibility index (Phi) is 3.64. The van der Waals surface area contributed by atoms with E-state index in [9.17, 15) is 0 Å². The van der Waals surface area contributed by atoms with Crippen molar-refractivity contribution in [2.75, 3.05) is 30.9 Å². The van der Waals surface area contributed by atoms with Gasteiger partial charge in [-0.25, -0.2) is 0 Å². The van der Waals surface area contributed by atoms with Gasteiger partial charge < -0.3 is 10.2 Å². The van der Waals surface area contributed by atoms with E-state index >= 15 is 0 Å². The van der Waals surface area contributed by atoms with Crippen molar-refractivity contribution in [1.29, 1.82) is 0 Å². The summed E-state index contributed by atoms with van der Waals surface area (Å²) in [5.41, 5.74) is 0.765. The van der Waals surface area contributed by atoms with Gasteiger partial charge in [0.1, 0.15) is 5.82 Å². The first kappa shape index (κ1) is 12.6. The highest BCUT2D eigenvalue weighted by Crippen LogP contribution is 2.23. The molecule has 0 unspecified atom stereocenters. The molecule has 0 spiro atoms. The molecule has 6 nitrogen and oxygen atoms in total. The average Bonchev–Trinajstić information content (AvgIpc) is 2.82. The lowest BCUT2D eigenvalue weighted by molar-refractivity contribution is 0.584. The van der Waals surface area contributed by atoms with E-state index in [1.54, 1.807) is 6.20 Å². The molecule has 0 saturated carbocycles. The second-order valence-electron chi connectivity index (χ2n) is 4.86. The van der Waals surface area contributed by atoms with Crippen LogP contribution in [0.4, 0.5) is 11.8 Å². The molecule has 2 aromatic rings. The van der Waals surface area contributed by atoms with Gasteiger partial charge in [0.05, 0.1) is 11.6 Å². The van der Waals surface area contributed by atoms with Crippen LogP contribution in [0.5, 0.6) is 0 Å². The number of aromatic amines is 1. The Morgan fingerprint density at radius 2 is 2.17 bits per heavy atom. The fourth-order valence-corrected chi connectivity index (χ4v) is 1.78. The number of nitrogens with one attached hydrogen (secondary N) is 2. The number of hydrogen-bond donors (Lipinski definition) is 2. The van der Waals surface area contributed by atoms with Crippen molar-refractivity contribution in [3.63, 3.8) is 0 Å². The standard InChI is InChI=1S/C12H20N6/c1-8(2)5-6-18(4)11-9-7-14-17-10(9)15-12(13-3)16-11/h7-8H,5-6H2,1-4H3,(H2,13,14,15,16,17). The first-order chi connectivity index (χ1) is 8.61. The first-order valence-corrected chi connectivity index (χ1v) is 6.21. The molecule has 98 valence electrons. The van der Waals surface area contributed by atoms with Crippen molar-refractivity contribution in [3.05, 3.63) is 6.20 Å². The van der Waals surface area contributed by atoms with Crippen molar-refractivity contribution >= 4 is 22.8 Å². The highest BCUT2D eigenvalue weighted by Gasteiger charge is 2.12. The molecular weight excluding hydrogens is 228 g/mol. The predicted molar refractivity (Wildman–Crippen MR) is 74.0 cm³/mol. The van der Waals surface area contributed by atoms with E-state index in [1.807, 2.05) is 7.05 Å². The van der Waals surface area contributed by atoms with E-state index in [2.05, 4.69) is 51.3 Å². The summed E-state index contributed by atoms with van der Waals surface area (Å²) < 4.78 is 0. The monoisotopic (exact) mass is 248 g/mol. The van der Waals surface area contributed by atoms with Gasteiger partial charge in [0.15, 0.2) is 5.65 Å². The van der Waals surface area contributed by atoms with Crippen molar-refractivity contribution in [2.45, 2.75) is 20.3 Å². The van der Waals surface area contributed by atoms with Gasteiger partial charge in [0.25, 0.3) is 0 Å². The Balaban J connectivity index is 2.32. The molecule has 6 heteroatoms. The first-order valence-electron chi connectivity index (χ1n) is 6.21. The van der Waals surface area contributed by atoms with Crippen LogP contribution in [0.3, 0.4) is 0 Å². The zero-order valence-corrected chi connectivity index (χ0v) is 11.4. The molecule has 2 aromatic heterocycles. The molecular formula is C12H20N6. The average molecular weight is 248 g/mol. The number of rotatable bonds is 5. The van der Waals surface area contributed by atoms with Crippen molar-refractivity contribution in [1.82, 2.24) is 20.2 Å². The van der Waals surface area contributed by atoms with Crippen LogP contribution in [0, 0.1) is 5.92 Å². The topological polar surface area (TPSA) is 69.7 Å². The molecule has 2 N–H and O–H groups in total. The number of H-pyrrole nitrogens is 1. The SMILES string of the molecule is CNc1nc(N(C)CCC(C)C)c2cn[nH]c2n1. The summed E-state index contributed by atoms with van der Waals surface area (Å²) in [5, 5.41) is 10.9. The summed E-state index contributed by atoms with van der Waals surface area (Å²) in [5.74, 6) is 2.20. The molecule has 0 fully saturated rings. The third kappa shape index (κ3) is 2.52. The Morgan fingerprint density at radius 1 is 1.39 bits per heavy atom. The van der Waals surface area contributed by atoms with E-state index in [1.165, 1.54) is 0 Å². The van der Waals surface area contributed by atoms with Crippen LogP contribution in [0.25, 0.3) is 11.0 Å². The molecule has 0 radical (unpaired) electrons. The van der Waals surface area contributed by atoms with Crippen LogP contribution in [-0.4, -0.2) is 40.8 Å². The summed E-state index contributed by atoms with van der Waals surface area (Å²) in [7, 11) is 3.87. The number of fused-ring (bicyclic) bond motifs is 1. The van der Waals surface area contributed by atoms with E-state index in [0.717, 1.165) is 29.8 Å². The van der Waals surface area contributed by atoms with Gasteiger partial charge in [-0.1, -0.05) is 13.8 Å². The minimum Gasteiger partial charge on any atom is -0.359 e. The van der Waals surface area contributed by atoms with Gasteiger partial charge in [0, 0.05) is 20.6 Å². The maximum Gasteiger partial charge on any atom is 0.226 e. The molecule has 0 aromatic carbocycles. The quantitative estimate of drug-likeness (QED) is 0.845. The number of aromatic nitrogens is 4. The molecule has 0 aliphatic carbocycles. The fraction of sp³-hybridized carbons (Fsp3) is 0.583.